The lowest BCUT2D eigenvalue weighted by Crippen LogP contribution is -2.34. The van der Waals surface area contributed by atoms with Crippen molar-refractivity contribution in [2.75, 3.05) is 12.4 Å². The highest BCUT2D eigenvalue weighted by Gasteiger charge is 2.10. The number of benzene rings is 2. The molecule has 2 aromatic carbocycles. The van der Waals surface area contributed by atoms with Crippen LogP contribution in [0.25, 0.3) is 0 Å². The quantitative estimate of drug-likeness (QED) is 0.852. The van der Waals surface area contributed by atoms with Crippen LogP contribution in [0, 0.1) is 13.8 Å². The zero-order valence-electron chi connectivity index (χ0n) is 12.8. The van der Waals surface area contributed by atoms with E-state index in [9.17, 15) is 4.79 Å². The number of anilines is 1. The number of thiocarbonyl (C=S) groups is 1. The van der Waals surface area contributed by atoms with Crippen LogP contribution < -0.4 is 15.4 Å². The van der Waals surface area contributed by atoms with Crippen LogP contribution in [0.4, 0.5) is 5.69 Å². The van der Waals surface area contributed by atoms with Gasteiger partial charge < -0.3 is 10.1 Å². The van der Waals surface area contributed by atoms with Gasteiger partial charge in [-0.15, -0.1) is 0 Å². The van der Waals surface area contributed by atoms with Crippen LogP contribution >= 0.6 is 12.2 Å². The first-order valence-electron chi connectivity index (χ1n) is 6.84. The molecule has 114 valence electrons. The highest BCUT2D eigenvalue weighted by Crippen LogP contribution is 2.19. The van der Waals surface area contributed by atoms with Crippen molar-refractivity contribution in [3.63, 3.8) is 0 Å². The van der Waals surface area contributed by atoms with Crippen LogP contribution in [0.1, 0.15) is 21.5 Å². The van der Waals surface area contributed by atoms with Crippen molar-refractivity contribution in [1.82, 2.24) is 5.32 Å². The summed E-state index contributed by atoms with van der Waals surface area (Å²) in [6.45, 7) is 3.98. The van der Waals surface area contributed by atoms with Crippen molar-refractivity contribution in [2.24, 2.45) is 0 Å². The molecule has 0 saturated heterocycles. The molecule has 0 atom stereocenters. The van der Waals surface area contributed by atoms with Crippen molar-refractivity contribution in [1.29, 1.82) is 0 Å². The average Bonchev–Trinajstić information content (AvgIpc) is 2.51. The zero-order chi connectivity index (χ0) is 16.1. The number of hydrogen-bond donors (Lipinski definition) is 2. The molecule has 0 unspecified atom stereocenters. The molecule has 1 amide bonds. The van der Waals surface area contributed by atoms with E-state index in [-0.39, 0.29) is 11.0 Å². The molecule has 2 rings (SSSR count). The van der Waals surface area contributed by atoms with Crippen molar-refractivity contribution < 1.29 is 9.53 Å². The van der Waals surface area contributed by atoms with Gasteiger partial charge >= 0.3 is 0 Å². The number of rotatable bonds is 3. The Bertz CT molecular complexity index is 676. The Balaban J connectivity index is 2.03. The van der Waals surface area contributed by atoms with Crippen LogP contribution in [-0.4, -0.2) is 18.1 Å². The predicted octanol–water partition coefficient (Wildman–Crippen LogP) is 3.44. The van der Waals surface area contributed by atoms with E-state index in [0.29, 0.717) is 11.3 Å². The molecular weight excluding hydrogens is 296 g/mol. The topological polar surface area (TPSA) is 50.4 Å². The number of hydrogen-bond acceptors (Lipinski definition) is 3. The molecule has 0 aliphatic carbocycles. The SMILES string of the molecule is COc1ccc(C(=O)NC(=S)Nc2c(C)cccc2C)cc1. The van der Waals surface area contributed by atoms with Crippen LogP contribution in [0.15, 0.2) is 42.5 Å². The highest BCUT2D eigenvalue weighted by molar-refractivity contribution is 7.80. The second kappa shape index (κ2) is 7.04. The number of methoxy groups -OCH3 is 1. The molecule has 0 heterocycles. The Hall–Kier alpha value is -2.40. The first-order valence-corrected chi connectivity index (χ1v) is 7.24. The lowest BCUT2D eigenvalue weighted by atomic mass is 10.1. The van der Waals surface area contributed by atoms with E-state index in [0.717, 1.165) is 16.8 Å². The van der Waals surface area contributed by atoms with E-state index in [1.165, 1.54) is 0 Å². The number of ether oxygens (including phenoxy) is 1. The van der Waals surface area contributed by atoms with Gasteiger partial charge in [0.1, 0.15) is 5.75 Å². The summed E-state index contributed by atoms with van der Waals surface area (Å²) < 4.78 is 5.07. The first kappa shape index (κ1) is 16.0. The van der Waals surface area contributed by atoms with Crippen molar-refractivity contribution in [2.45, 2.75) is 13.8 Å². The van der Waals surface area contributed by atoms with Gasteiger partial charge in [0.25, 0.3) is 5.91 Å². The molecule has 4 nitrogen and oxygen atoms in total. The molecule has 0 fully saturated rings. The molecule has 2 aromatic rings. The standard InChI is InChI=1S/C17H18N2O2S/c1-11-5-4-6-12(2)15(11)18-17(22)19-16(20)13-7-9-14(21-3)10-8-13/h4-10H,1-3H3,(H2,18,19,20,22). The maximum atomic E-state index is 12.1. The van der Waals surface area contributed by atoms with E-state index in [1.807, 2.05) is 32.0 Å². The number of aryl methyl sites for hydroxylation is 2. The third-order valence-electron chi connectivity index (χ3n) is 3.30. The molecule has 22 heavy (non-hydrogen) atoms. The number of nitrogens with one attached hydrogen (secondary N) is 2. The summed E-state index contributed by atoms with van der Waals surface area (Å²) in [6.07, 6.45) is 0. The van der Waals surface area contributed by atoms with Gasteiger partial charge in [0.05, 0.1) is 7.11 Å². The van der Waals surface area contributed by atoms with Gasteiger partial charge in [-0.25, -0.2) is 0 Å². The second-order valence-corrected chi connectivity index (χ2v) is 5.31. The number of amides is 1. The average molecular weight is 314 g/mol. The van der Waals surface area contributed by atoms with Gasteiger partial charge in [-0.2, -0.15) is 0 Å². The molecule has 5 heteroatoms. The van der Waals surface area contributed by atoms with E-state index >= 15 is 0 Å². The molecule has 0 aliphatic rings. The van der Waals surface area contributed by atoms with Gasteiger partial charge in [0.15, 0.2) is 5.11 Å². The fourth-order valence-electron chi connectivity index (χ4n) is 2.07. The summed E-state index contributed by atoms with van der Waals surface area (Å²) in [4.78, 5) is 12.1. The summed E-state index contributed by atoms with van der Waals surface area (Å²) in [5.41, 5.74) is 3.58. The molecule has 0 saturated carbocycles. The Labute approximate surface area is 135 Å². The molecule has 0 bridgehead atoms. The van der Waals surface area contributed by atoms with Gasteiger partial charge in [-0.3, -0.25) is 10.1 Å². The highest BCUT2D eigenvalue weighted by atomic mass is 32.1. The number of carbonyl (C=O) groups is 1. The molecule has 2 N–H and O–H groups in total. The minimum Gasteiger partial charge on any atom is -0.497 e. The van der Waals surface area contributed by atoms with E-state index < -0.39 is 0 Å². The Morgan fingerprint density at radius 2 is 1.64 bits per heavy atom. The van der Waals surface area contributed by atoms with Gasteiger partial charge in [0, 0.05) is 11.3 Å². The van der Waals surface area contributed by atoms with Crippen molar-refractivity contribution >= 4 is 28.9 Å². The Morgan fingerprint density at radius 3 is 2.18 bits per heavy atom. The Kier molecular flexibility index (Phi) is 5.12. The third kappa shape index (κ3) is 3.83. The monoisotopic (exact) mass is 314 g/mol. The maximum Gasteiger partial charge on any atom is 0.257 e. The van der Waals surface area contributed by atoms with Gasteiger partial charge in [0.2, 0.25) is 0 Å². The largest absolute Gasteiger partial charge is 0.497 e. The fraction of sp³-hybridized carbons (Fsp3) is 0.176. The summed E-state index contributed by atoms with van der Waals surface area (Å²) >= 11 is 5.21. The van der Waals surface area contributed by atoms with Gasteiger partial charge in [-0.05, 0) is 61.5 Å². The van der Waals surface area contributed by atoms with Crippen LogP contribution in [-0.2, 0) is 0 Å². The molecule has 0 radical (unpaired) electrons. The smallest absolute Gasteiger partial charge is 0.257 e. The molecular formula is C17H18N2O2S. The second-order valence-electron chi connectivity index (χ2n) is 4.90. The zero-order valence-corrected chi connectivity index (χ0v) is 13.6. The fourth-order valence-corrected chi connectivity index (χ4v) is 2.27. The van der Waals surface area contributed by atoms with Gasteiger partial charge in [-0.1, -0.05) is 18.2 Å². The lowest BCUT2D eigenvalue weighted by Gasteiger charge is -2.14. The third-order valence-corrected chi connectivity index (χ3v) is 3.50. The minimum absolute atomic E-state index is 0.258. The summed E-state index contributed by atoms with van der Waals surface area (Å²) in [7, 11) is 1.58. The van der Waals surface area contributed by atoms with Crippen LogP contribution in [0.2, 0.25) is 0 Å². The first-order chi connectivity index (χ1) is 10.5. The lowest BCUT2D eigenvalue weighted by molar-refractivity contribution is 0.0977. The normalized spacial score (nSPS) is 9.95. The molecule has 0 spiro atoms. The number of para-hydroxylation sites is 1. The Morgan fingerprint density at radius 1 is 1.05 bits per heavy atom. The van der Waals surface area contributed by atoms with E-state index in [4.69, 9.17) is 17.0 Å². The number of carbonyl (C=O) groups excluding carboxylic acids is 1. The predicted molar refractivity (Wildman–Crippen MR) is 92.6 cm³/mol. The van der Waals surface area contributed by atoms with Crippen molar-refractivity contribution in [3.05, 3.63) is 59.2 Å². The summed E-state index contributed by atoms with van der Waals surface area (Å²) in [5.74, 6) is 0.444. The van der Waals surface area contributed by atoms with Crippen LogP contribution in [0.3, 0.4) is 0 Å². The molecule has 0 aromatic heterocycles. The summed E-state index contributed by atoms with van der Waals surface area (Å²) in [6, 6.07) is 12.8. The van der Waals surface area contributed by atoms with Crippen LogP contribution in [0.5, 0.6) is 5.75 Å². The molecule has 0 aliphatic heterocycles. The van der Waals surface area contributed by atoms with Crippen molar-refractivity contribution in [3.8, 4) is 5.75 Å². The van der Waals surface area contributed by atoms with E-state index in [1.54, 1.807) is 31.4 Å². The maximum absolute atomic E-state index is 12.1. The van der Waals surface area contributed by atoms with E-state index in [2.05, 4.69) is 10.6 Å². The minimum atomic E-state index is -0.258. The summed E-state index contributed by atoms with van der Waals surface area (Å²) in [5, 5.41) is 6.03.